The second-order valence-corrected chi connectivity index (χ2v) is 7.10. The molecular formula is C21H23N3O3S. The topological polar surface area (TPSA) is 86.5 Å². The summed E-state index contributed by atoms with van der Waals surface area (Å²) in [5, 5.41) is 5.83. The highest BCUT2D eigenvalue weighted by molar-refractivity contribution is 7.12. The number of rotatable bonds is 8. The number of carbonyl (C=O) groups excluding carboxylic acids is 1. The van der Waals surface area contributed by atoms with Gasteiger partial charge in [0.15, 0.2) is 5.06 Å². The molecule has 7 heteroatoms. The maximum absolute atomic E-state index is 12.4. The van der Waals surface area contributed by atoms with Crippen LogP contribution < -0.4 is 15.8 Å². The maximum atomic E-state index is 12.4. The van der Waals surface area contributed by atoms with Crippen molar-refractivity contribution >= 4 is 23.1 Å². The normalized spacial score (nSPS) is 10.6. The van der Waals surface area contributed by atoms with E-state index in [1.165, 1.54) is 5.56 Å². The number of nitrogens with two attached hydrogens (primary N) is 1. The quantitative estimate of drug-likeness (QED) is 0.596. The highest BCUT2D eigenvalue weighted by Gasteiger charge is 2.11. The molecular weight excluding hydrogens is 374 g/mol. The number of nitrogen functional groups attached to an aromatic ring is 1. The van der Waals surface area contributed by atoms with Gasteiger partial charge in [0.05, 0.1) is 17.9 Å². The van der Waals surface area contributed by atoms with Gasteiger partial charge in [-0.1, -0.05) is 19.1 Å². The minimum Gasteiger partial charge on any atom is -0.447 e. The van der Waals surface area contributed by atoms with Gasteiger partial charge in [-0.3, -0.25) is 4.79 Å². The Morgan fingerprint density at radius 2 is 1.96 bits per heavy atom. The summed E-state index contributed by atoms with van der Waals surface area (Å²) in [7, 11) is 1.58. The Hall–Kier alpha value is -2.90. The van der Waals surface area contributed by atoms with E-state index in [1.54, 1.807) is 30.6 Å². The fourth-order valence-corrected chi connectivity index (χ4v) is 3.46. The lowest BCUT2D eigenvalue weighted by molar-refractivity contribution is 0.0951. The Kier molecular flexibility index (Phi) is 6.62. The van der Waals surface area contributed by atoms with Crippen molar-refractivity contribution in [3.63, 3.8) is 0 Å². The number of aryl methyl sites for hydroxylation is 1. The van der Waals surface area contributed by atoms with E-state index < -0.39 is 0 Å². The molecule has 0 fully saturated rings. The van der Waals surface area contributed by atoms with Crippen LogP contribution in [0.2, 0.25) is 0 Å². The van der Waals surface area contributed by atoms with E-state index in [-0.39, 0.29) is 11.7 Å². The van der Waals surface area contributed by atoms with Gasteiger partial charge in [-0.25, -0.2) is 4.98 Å². The third kappa shape index (κ3) is 5.09. The molecule has 3 N–H and O–H groups in total. The molecule has 0 bridgehead atoms. The number of methoxy groups -OCH3 is 1. The smallest absolute Gasteiger partial charge is 0.255 e. The predicted molar refractivity (Wildman–Crippen MR) is 111 cm³/mol. The predicted octanol–water partition coefficient (Wildman–Crippen LogP) is 4.16. The summed E-state index contributed by atoms with van der Waals surface area (Å²) in [5.74, 6) is 0.694. The Bertz CT molecular complexity index is 938. The van der Waals surface area contributed by atoms with Crippen molar-refractivity contribution in [1.82, 2.24) is 10.3 Å². The summed E-state index contributed by atoms with van der Waals surface area (Å²) in [6.45, 7) is 2.86. The molecule has 0 radical (unpaired) electrons. The van der Waals surface area contributed by atoms with E-state index >= 15 is 0 Å². The van der Waals surface area contributed by atoms with Crippen LogP contribution in [0.15, 0.2) is 47.8 Å². The van der Waals surface area contributed by atoms with Gasteiger partial charge in [-0.15, -0.1) is 11.3 Å². The van der Waals surface area contributed by atoms with Crippen molar-refractivity contribution in [2.75, 3.05) is 12.8 Å². The first-order valence-electron chi connectivity index (χ1n) is 8.95. The first kappa shape index (κ1) is 19.9. The molecule has 0 unspecified atom stereocenters. The van der Waals surface area contributed by atoms with Crippen LogP contribution in [-0.2, 0) is 24.3 Å². The molecule has 2 heterocycles. The molecule has 0 aliphatic carbocycles. The molecule has 0 atom stereocenters. The average Bonchev–Trinajstić information content (AvgIpc) is 3.15. The van der Waals surface area contributed by atoms with Crippen molar-refractivity contribution in [2.24, 2.45) is 0 Å². The molecule has 146 valence electrons. The minimum absolute atomic E-state index is 0.193. The molecule has 0 aliphatic heterocycles. The number of amides is 1. The van der Waals surface area contributed by atoms with Gasteiger partial charge in [0.2, 0.25) is 0 Å². The van der Waals surface area contributed by atoms with Crippen LogP contribution in [0.4, 0.5) is 5.82 Å². The summed E-state index contributed by atoms with van der Waals surface area (Å²) in [6.07, 6.45) is 0.994. The average molecular weight is 398 g/mol. The number of hydrogen-bond donors (Lipinski definition) is 2. The molecule has 1 amide bonds. The van der Waals surface area contributed by atoms with Gasteiger partial charge < -0.3 is 20.5 Å². The molecule has 0 saturated carbocycles. The van der Waals surface area contributed by atoms with Gasteiger partial charge in [0, 0.05) is 13.7 Å². The number of pyridine rings is 1. The largest absolute Gasteiger partial charge is 0.447 e. The molecule has 1 aromatic carbocycles. The molecule has 2 aromatic heterocycles. The molecule has 0 aliphatic rings. The lowest BCUT2D eigenvalue weighted by atomic mass is 10.2. The van der Waals surface area contributed by atoms with Crippen LogP contribution in [0.3, 0.4) is 0 Å². The van der Waals surface area contributed by atoms with Crippen molar-refractivity contribution in [3.05, 3.63) is 70.2 Å². The molecule has 28 heavy (non-hydrogen) atoms. The number of benzene rings is 1. The highest BCUT2D eigenvalue weighted by Crippen LogP contribution is 2.29. The van der Waals surface area contributed by atoms with Crippen molar-refractivity contribution < 1.29 is 14.3 Å². The Labute approximate surface area is 168 Å². The number of carbonyl (C=O) groups is 1. The maximum Gasteiger partial charge on any atom is 0.255 e. The zero-order chi connectivity index (χ0) is 19.9. The zero-order valence-electron chi connectivity index (χ0n) is 15.9. The van der Waals surface area contributed by atoms with Crippen LogP contribution in [-0.4, -0.2) is 18.0 Å². The van der Waals surface area contributed by atoms with Crippen LogP contribution in [0.25, 0.3) is 0 Å². The monoisotopic (exact) mass is 397 g/mol. The standard InChI is InChI=1S/C21H23N3O3S/c1-3-14-10-19(28-13-14)27-17-7-4-15(5-8-17)11-23-21(25)18-9-6-16(12-26-2)24-20(18)22/h4-10,13H,3,11-12H2,1-2H3,(H2,22,24)(H,23,25). The van der Waals surface area contributed by atoms with Gasteiger partial charge >= 0.3 is 0 Å². The molecule has 3 rings (SSSR count). The van der Waals surface area contributed by atoms with Gasteiger partial charge in [-0.2, -0.15) is 0 Å². The summed E-state index contributed by atoms with van der Waals surface area (Å²) in [4.78, 5) is 16.5. The van der Waals surface area contributed by atoms with Crippen molar-refractivity contribution in [2.45, 2.75) is 26.5 Å². The number of aromatic nitrogens is 1. The van der Waals surface area contributed by atoms with E-state index in [1.807, 2.05) is 24.3 Å². The number of thiophene rings is 1. The molecule has 0 spiro atoms. The number of anilines is 1. The molecule has 3 aromatic rings. The zero-order valence-corrected chi connectivity index (χ0v) is 16.7. The number of hydrogen-bond acceptors (Lipinski definition) is 6. The van der Waals surface area contributed by atoms with E-state index in [9.17, 15) is 4.79 Å². The van der Waals surface area contributed by atoms with E-state index in [4.69, 9.17) is 15.2 Å². The van der Waals surface area contributed by atoms with Crippen LogP contribution >= 0.6 is 11.3 Å². The number of nitrogens with one attached hydrogen (secondary N) is 1. The van der Waals surface area contributed by atoms with Crippen LogP contribution in [0, 0.1) is 0 Å². The molecule has 6 nitrogen and oxygen atoms in total. The first-order chi connectivity index (χ1) is 13.6. The second kappa shape index (κ2) is 9.34. The van der Waals surface area contributed by atoms with E-state index in [2.05, 4.69) is 28.7 Å². The summed E-state index contributed by atoms with van der Waals surface area (Å²) >= 11 is 1.59. The Balaban J connectivity index is 1.56. The summed E-state index contributed by atoms with van der Waals surface area (Å²) in [5.41, 5.74) is 9.15. The number of ether oxygens (including phenoxy) is 2. The lowest BCUT2D eigenvalue weighted by Gasteiger charge is -2.09. The number of nitrogens with zero attached hydrogens (tertiary/aromatic N) is 1. The second-order valence-electron chi connectivity index (χ2n) is 6.22. The first-order valence-corrected chi connectivity index (χ1v) is 9.83. The Morgan fingerprint density at radius 1 is 1.18 bits per heavy atom. The van der Waals surface area contributed by atoms with Crippen molar-refractivity contribution in [3.8, 4) is 10.8 Å². The van der Waals surface area contributed by atoms with Gasteiger partial charge in [-0.05, 0) is 53.3 Å². The van der Waals surface area contributed by atoms with Crippen LogP contribution in [0.5, 0.6) is 10.8 Å². The minimum atomic E-state index is -0.264. The fourth-order valence-electron chi connectivity index (χ4n) is 2.60. The van der Waals surface area contributed by atoms with E-state index in [0.29, 0.717) is 24.4 Å². The Morgan fingerprint density at radius 3 is 2.61 bits per heavy atom. The fraction of sp³-hybridized carbons (Fsp3) is 0.238. The highest BCUT2D eigenvalue weighted by atomic mass is 32.1. The van der Waals surface area contributed by atoms with Gasteiger partial charge in [0.25, 0.3) is 5.91 Å². The molecule has 0 saturated heterocycles. The third-order valence-corrected chi connectivity index (χ3v) is 5.01. The SMILES string of the molecule is CCc1csc(Oc2ccc(CNC(=O)c3ccc(COC)nc3N)cc2)c1. The summed E-state index contributed by atoms with van der Waals surface area (Å²) < 4.78 is 10.9. The third-order valence-electron chi connectivity index (χ3n) is 4.15. The van der Waals surface area contributed by atoms with Gasteiger partial charge in [0.1, 0.15) is 11.6 Å². The van der Waals surface area contributed by atoms with Crippen molar-refractivity contribution in [1.29, 1.82) is 0 Å². The lowest BCUT2D eigenvalue weighted by Crippen LogP contribution is -2.24. The van der Waals surface area contributed by atoms with E-state index in [0.717, 1.165) is 22.8 Å². The van der Waals surface area contributed by atoms with Crippen LogP contribution in [0.1, 0.15) is 34.1 Å². The summed E-state index contributed by atoms with van der Waals surface area (Å²) in [6, 6.07) is 13.1.